The standard InChI is InChI=1S/C12H25N3/c1-4-15(12-8-13-9-12)11-5-6-14(3)10(2)7-11/h10-13H,4-9H2,1-3H3. The Bertz CT molecular complexity index is 203. The highest BCUT2D eigenvalue weighted by Crippen LogP contribution is 2.23. The minimum Gasteiger partial charge on any atom is -0.314 e. The molecule has 2 aliphatic rings. The third kappa shape index (κ3) is 2.35. The number of likely N-dealkylation sites (N-methyl/N-ethyl adjacent to an activating group) is 1. The van der Waals surface area contributed by atoms with Gasteiger partial charge in [0.1, 0.15) is 0 Å². The van der Waals surface area contributed by atoms with Crippen LogP contribution in [0.5, 0.6) is 0 Å². The molecule has 0 radical (unpaired) electrons. The van der Waals surface area contributed by atoms with E-state index in [2.05, 4.69) is 36.0 Å². The molecular weight excluding hydrogens is 186 g/mol. The molecule has 15 heavy (non-hydrogen) atoms. The quantitative estimate of drug-likeness (QED) is 0.743. The summed E-state index contributed by atoms with van der Waals surface area (Å²) in [4.78, 5) is 5.21. The van der Waals surface area contributed by atoms with Crippen molar-refractivity contribution in [3.63, 3.8) is 0 Å². The van der Waals surface area contributed by atoms with Crippen LogP contribution in [-0.2, 0) is 0 Å². The van der Waals surface area contributed by atoms with Crippen molar-refractivity contribution in [2.24, 2.45) is 0 Å². The van der Waals surface area contributed by atoms with Crippen LogP contribution in [0.25, 0.3) is 0 Å². The van der Waals surface area contributed by atoms with Crippen LogP contribution in [0.2, 0.25) is 0 Å². The maximum absolute atomic E-state index is 3.38. The third-order valence-electron chi connectivity index (χ3n) is 4.24. The first kappa shape index (κ1) is 11.4. The average molecular weight is 211 g/mol. The zero-order valence-electron chi connectivity index (χ0n) is 10.4. The molecule has 1 N–H and O–H groups in total. The molecule has 0 bridgehead atoms. The van der Waals surface area contributed by atoms with Crippen molar-refractivity contribution in [3.8, 4) is 0 Å². The van der Waals surface area contributed by atoms with Crippen molar-refractivity contribution < 1.29 is 0 Å². The number of hydrogen-bond acceptors (Lipinski definition) is 3. The van der Waals surface area contributed by atoms with Gasteiger partial charge in [-0.1, -0.05) is 6.92 Å². The van der Waals surface area contributed by atoms with Crippen LogP contribution in [0.4, 0.5) is 0 Å². The fraction of sp³-hybridized carbons (Fsp3) is 1.00. The minimum absolute atomic E-state index is 0.755. The van der Waals surface area contributed by atoms with Crippen LogP contribution in [0.1, 0.15) is 26.7 Å². The summed E-state index contributed by atoms with van der Waals surface area (Å²) in [5.74, 6) is 0. The molecule has 2 fully saturated rings. The Morgan fingerprint density at radius 2 is 2.07 bits per heavy atom. The zero-order valence-corrected chi connectivity index (χ0v) is 10.4. The van der Waals surface area contributed by atoms with E-state index in [9.17, 15) is 0 Å². The Labute approximate surface area is 93.8 Å². The largest absolute Gasteiger partial charge is 0.314 e. The average Bonchev–Trinajstić information content (AvgIpc) is 2.16. The lowest BCUT2D eigenvalue weighted by atomic mass is 9.95. The summed E-state index contributed by atoms with van der Waals surface area (Å²) in [5, 5.41) is 3.38. The summed E-state index contributed by atoms with van der Waals surface area (Å²) in [6, 6.07) is 2.40. The number of hydrogen-bond donors (Lipinski definition) is 1. The smallest absolute Gasteiger partial charge is 0.0348 e. The highest BCUT2D eigenvalue weighted by molar-refractivity contribution is 4.91. The number of rotatable bonds is 3. The van der Waals surface area contributed by atoms with E-state index in [0.717, 1.165) is 18.1 Å². The molecule has 0 spiro atoms. The van der Waals surface area contributed by atoms with Crippen LogP contribution in [0, 0.1) is 0 Å². The fourth-order valence-electron chi connectivity index (χ4n) is 2.89. The summed E-state index contributed by atoms with van der Waals surface area (Å²) in [5.41, 5.74) is 0. The number of nitrogens with zero attached hydrogens (tertiary/aromatic N) is 2. The third-order valence-corrected chi connectivity index (χ3v) is 4.24. The van der Waals surface area contributed by atoms with Crippen molar-refractivity contribution in [1.29, 1.82) is 0 Å². The molecular formula is C12H25N3. The van der Waals surface area contributed by atoms with Crippen LogP contribution in [-0.4, -0.2) is 61.2 Å². The van der Waals surface area contributed by atoms with Gasteiger partial charge in [0.05, 0.1) is 0 Å². The van der Waals surface area contributed by atoms with Gasteiger partial charge in [-0.3, -0.25) is 4.90 Å². The van der Waals surface area contributed by atoms with Gasteiger partial charge in [0.25, 0.3) is 0 Å². The molecule has 2 heterocycles. The van der Waals surface area contributed by atoms with Crippen molar-refractivity contribution in [1.82, 2.24) is 15.1 Å². The SMILES string of the molecule is CCN(C1CNC1)C1CCN(C)C(C)C1. The normalized spacial score (nSPS) is 34.4. The Morgan fingerprint density at radius 1 is 1.33 bits per heavy atom. The van der Waals surface area contributed by atoms with Gasteiger partial charge in [0.2, 0.25) is 0 Å². The molecule has 2 aliphatic heterocycles. The second-order valence-corrected chi connectivity index (χ2v) is 5.15. The topological polar surface area (TPSA) is 18.5 Å². The van der Waals surface area contributed by atoms with Crippen LogP contribution >= 0.6 is 0 Å². The molecule has 0 aromatic rings. The van der Waals surface area contributed by atoms with Gasteiger partial charge in [-0.05, 0) is 39.9 Å². The van der Waals surface area contributed by atoms with Gasteiger partial charge in [0.15, 0.2) is 0 Å². The summed E-state index contributed by atoms with van der Waals surface area (Å²) < 4.78 is 0. The summed E-state index contributed by atoms with van der Waals surface area (Å²) in [7, 11) is 2.25. The Kier molecular flexibility index (Phi) is 3.65. The van der Waals surface area contributed by atoms with E-state index in [-0.39, 0.29) is 0 Å². The summed E-state index contributed by atoms with van der Waals surface area (Å²) in [6.07, 6.45) is 2.70. The van der Waals surface area contributed by atoms with E-state index in [1.807, 2.05) is 0 Å². The molecule has 0 aliphatic carbocycles. The van der Waals surface area contributed by atoms with Crippen LogP contribution < -0.4 is 5.32 Å². The highest BCUT2D eigenvalue weighted by Gasteiger charge is 2.32. The molecule has 2 saturated heterocycles. The van der Waals surface area contributed by atoms with Gasteiger partial charge < -0.3 is 10.2 Å². The van der Waals surface area contributed by atoms with Crippen molar-refractivity contribution in [2.75, 3.05) is 33.2 Å². The molecule has 0 amide bonds. The number of nitrogens with one attached hydrogen (secondary N) is 1. The monoisotopic (exact) mass is 211 g/mol. The molecule has 3 nitrogen and oxygen atoms in total. The molecule has 3 heteroatoms. The van der Waals surface area contributed by atoms with E-state index in [1.54, 1.807) is 0 Å². The lowest BCUT2D eigenvalue weighted by Crippen LogP contribution is -2.61. The van der Waals surface area contributed by atoms with Crippen molar-refractivity contribution >= 4 is 0 Å². The molecule has 2 rings (SSSR count). The van der Waals surface area contributed by atoms with Gasteiger partial charge in [-0.2, -0.15) is 0 Å². The Hall–Kier alpha value is -0.120. The first-order valence-corrected chi connectivity index (χ1v) is 6.39. The Morgan fingerprint density at radius 3 is 2.53 bits per heavy atom. The van der Waals surface area contributed by atoms with Gasteiger partial charge >= 0.3 is 0 Å². The van der Waals surface area contributed by atoms with Crippen molar-refractivity contribution in [3.05, 3.63) is 0 Å². The minimum atomic E-state index is 0.755. The fourth-order valence-corrected chi connectivity index (χ4v) is 2.89. The predicted molar refractivity (Wildman–Crippen MR) is 64.2 cm³/mol. The second-order valence-electron chi connectivity index (χ2n) is 5.15. The predicted octanol–water partition coefficient (Wildman–Crippen LogP) is 0.763. The first-order valence-electron chi connectivity index (χ1n) is 6.39. The maximum Gasteiger partial charge on any atom is 0.0348 e. The maximum atomic E-state index is 3.38. The molecule has 2 atom stereocenters. The highest BCUT2D eigenvalue weighted by atomic mass is 15.3. The molecule has 0 aromatic carbocycles. The molecule has 88 valence electrons. The lowest BCUT2D eigenvalue weighted by Gasteiger charge is -2.46. The van der Waals surface area contributed by atoms with E-state index in [0.29, 0.717) is 0 Å². The van der Waals surface area contributed by atoms with E-state index in [1.165, 1.54) is 39.0 Å². The number of piperidine rings is 1. The van der Waals surface area contributed by atoms with Crippen LogP contribution in [0.3, 0.4) is 0 Å². The van der Waals surface area contributed by atoms with E-state index < -0.39 is 0 Å². The van der Waals surface area contributed by atoms with Gasteiger partial charge in [-0.25, -0.2) is 0 Å². The summed E-state index contributed by atoms with van der Waals surface area (Å²) in [6.45, 7) is 9.55. The molecule has 0 saturated carbocycles. The number of likely N-dealkylation sites (tertiary alicyclic amines) is 1. The summed E-state index contributed by atoms with van der Waals surface area (Å²) >= 11 is 0. The first-order chi connectivity index (χ1) is 7.22. The molecule has 0 aromatic heterocycles. The van der Waals surface area contributed by atoms with Gasteiger partial charge in [0, 0.05) is 31.2 Å². The lowest BCUT2D eigenvalue weighted by molar-refractivity contribution is 0.0431. The van der Waals surface area contributed by atoms with Gasteiger partial charge in [-0.15, -0.1) is 0 Å². The van der Waals surface area contributed by atoms with Crippen molar-refractivity contribution in [2.45, 2.75) is 44.8 Å². The second kappa shape index (κ2) is 4.81. The van der Waals surface area contributed by atoms with E-state index in [4.69, 9.17) is 0 Å². The van der Waals surface area contributed by atoms with E-state index >= 15 is 0 Å². The van der Waals surface area contributed by atoms with Crippen LogP contribution in [0.15, 0.2) is 0 Å². The Balaban J connectivity index is 1.90. The molecule has 2 unspecified atom stereocenters. The zero-order chi connectivity index (χ0) is 10.8.